The molecule has 0 aromatic rings. The Morgan fingerprint density at radius 3 is 2.47 bits per heavy atom. The third kappa shape index (κ3) is 3.29. The zero-order valence-electron chi connectivity index (χ0n) is 12.6. The Bertz CT molecular complexity index is 294. The fourth-order valence-electron chi connectivity index (χ4n) is 3.91. The lowest BCUT2D eigenvalue weighted by molar-refractivity contribution is -0.130. The number of piperidine rings is 2. The molecule has 0 aliphatic carbocycles. The number of hydrogen-bond acceptors (Lipinski definition) is 3. The van der Waals surface area contributed by atoms with Crippen molar-refractivity contribution in [3.63, 3.8) is 0 Å². The van der Waals surface area contributed by atoms with E-state index in [1.54, 1.807) is 7.05 Å². The molecule has 0 aromatic carbocycles. The van der Waals surface area contributed by atoms with Gasteiger partial charge in [0, 0.05) is 25.2 Å². The molecular weight excluding hydrogens is 238 g/mol. The molecule has 2 aliphatic heterocycles. The molecule has 2 bridgehead atoms. The second-order valence-electron chi connectivity index (χ2n) is 6.10. The van der Waals surface area contributed by atoms with Gasteiger partial charge in [-0.25, -0.2) is 0 Å². The fourth-order valence-corrected chi connectivity index (χ4v) is 3.91. The molecule has 2 N–H and O–H groups in total. The third-order valence-corrected chi connectivity index (χ3v) is 4.79. The number of carbonyl (C=O) groups excluding carboxylic acids is 1. The molecule has 0 saturated carbocycles. The van der Waals surface area contributed by atoms with Crippen LogP contribution < -0.4 is 10.6 Å². The molecule has 3 unspecified atom stereocenters. The number of rotatable bonds is 5. The fraction of sp³-hybridized carbons (Fsp3) is 0.933. The highest BCUT2D eigenvalue weighted by molar-refractivity contribution is 5.81. The zero-order chi connectivity index (χ0) is 13.8. The Balaban J connectivity index is 2.01. The van der Waals surface area contributed by atoms with Crippen molar-refractivity contribution in [3.05, 3.63) is 0 Å². The lowest BCUT2D eigenvalue weighted by atomic mass is 9.80. The van der Waals surface area contributed by atoms with E-state index in [9.17, 15) is 4.79 Å². The van der Waals surface area contributed by atoms with Crippen molar-refractivity contribution in [2.75, 3.05) is 13.6 Å². The SMILES string of the molecule is CCCNC1CC2CCCC(C1)N2C(C)C(=O)NC. The van der Waals surface area contributed by atoms with Gasteiger partial charge in [-0.2, -0.15) is 0 Å². The van der Waals surface area contributed by atoms with Crippen LogP contribution in [0.3, 0.4) is 0 Å². The second kappa shape index (κ2) is 6.71. The molecule has 2 rings (SSSR count). The van der Waals surface area contributed by atoms with Crippen molar-refractivity contribution in [3.8, 4) is 0 Å². The van der Waals surface area contributed by atoms with Gasteiger partial charge >= 0.3 is 0 Å². The van der Waals surface area contributed by atoms with E-state index in [4.69, 9.17) is 0 Å². The summed E-state index contributed by atoms with van der Waals surface area (Å²) in [6, 6.07) is 1.86. The van der Waals surface area contributed by atoms with E-state index < -0.39 is 0 Å². The first-order valence-electron chi connectivity index (χ1n) is 7.89. The van der Waals surface area contributed by atoms with Gasteiger partial charge in [0.15, 0.2) is 0 Å². The summed E-state index contributed by atoms with van der Waals surface area (Å²) in [5.74, 6) is 0.164. The number of likely N-dealkylation sites (N-methyl/N-ethyl adjacent to an activating group) is 1. The van der Waals surface area contributed by atoms with E-state index in [1.807, 2.05) is 0 Å². The van der Waals surface area contributed by atoms with Crippen molar-refractivity contribution in [2.45, 2.75) is 76.5 Å². The van der Waals surface area contributed by atoms with Crippen molar-refractivity contribution < 1.29 is 4.79 Å². The normalized spacial score (nSPS) is 32.9. The van der Waals surface area contributed by atoms with Gasteiger partial charge in [0.25, 0.3) is 0 Å². The van der Waals surface area contributed by atoms with Crippen LogP contribution in [0.1, 0.15) is 52.4 Å². The number of carbonyl (C=O) groups is 1. The van der Waals surface area contributed by atoms with Crippen LogP contribution in [0.25, 0.3) is 0 Å². The minimum absolute atomic E-state index is 0.0208. The third-order valence-electron chi connectivity index (χ3n) is 4.79. The standard InChI is InChI=1S/C15H29N3O/c1-4-8-17-12-9-13-6-5-7-14(10-12)18(13)11(2)15(19)16-3/h11-14,17H,4-10H2,1-3H3,(H,16,19). The minimum atomic E-state index is 0.0208. The average Bonchev–Trinajstić information content (AvgIpc) is 2.42. The highest BCUT2D eigenvalue weighted by Crippen LogP contribution is 2.35. The van der Waals surface area contributed by atoms with Crippen molar-refractivity contribution in [1.29, 1.82) is 0 Å². The first-order chi connectivity index (χ1) is 9.17. The van der Waals surface area contributed by atoms with Crippen LogP contribution in [-0.2, 0) is 4.79 Å². The van der Waals surface area contributed by atoms with Crippen LogP contribution in [0.2, 0.25) is 0 Å². The molecule has 4 nitrogen and oxygen atoms in total. The Labute approximate surface area is 117 Å². The van der Waals surface area contributed by atoms with E-state index in [0.717, 1.165) is 6.54 Å². The molecule has 2 aliphatic rings. The van der Waals surface area contributed by atoms with Crippen LogP contribution in [0.5, 0.6) is 0 Å². The molecule has 0 aromatic heterocycles. The van der Waals surface area contributed by atoms with Gasteiger partial charge in [0.2, 0.25) is 5.91 Å². The summed E-state index contributed by atoms with van der Waals surface area (Å²) in [6.07, 6.45) is 7.44. The van der Waals surface area contributed by atoms with E-state index in [2.05, 4.69) is 29.4 Å². The average molecular weight is 267 g/mol. The van der Waals surface area contributed by atoms with Crippen molar-refractivity contribution in [1.82, 2.24) is 15.5 Å². The Kier molecular flexibility index (Phi) is 5.22. The predicted octanol–water partition coefficient (Wildman–Crippen LogP) is 1.51. The molecular formula is C15H29N3O. The minimum Gasteiger partial charge on any atom is -0.358 e. The van der Waals surface area contributed by atoms with Crippen molar-refractivity contribution >= 4 is 5.91 Å². The lowest BCUT2D eigenvalue weighted by Crippen LogP contribution is -2.61. The summed E-state index contributed by atoms with van der Waals surface area (Å²) < 4.78 is 0. The summed E-state index contributed by atoms with van der Waals surface area (Å²) in [5, 5.41) is 6.48. The molecule has 2 saturated heterocycles. The van der Waals surface area contributed by atoms with Gasteiger partial charge in [-0.15, -0.1) is 0 Å². The number of fused-ring (bicyclic) bond motifs is 2. The van der Waals surface area contributed by atoms with Crippen LogP contribution in [-0.4, -0.2) is 48.6 Å². The summed E-state index contributed by atoms with van der Waals surface area (Å²) in [4.78, 5) is 14.4. The summed E-state index contributed by atoms with van der Waals surface area (Å²) in [7, 11) is 1.74. The highest BCUT2D eigenvalue weighted by atomic mass is 16.2. The Hall–Kier alpha value is -0.610. The number of amides is 1. The first kappa shape index (κ1) is 14.8. The predicted molar refractivity (Wildman–Crippen MR) is 78.1 cm³/mol. The van der Waals surface area contributed by atoms with E-state index in [1.165, 1.54) is 38.5 Å². The van der Waals surface area contributed by atoms with E-state index >= 15 is 0 Å². The lowest BCUT2D eigenvalue weighted by Gasteiger charge is -2.51. The zero-order valence-corrected chi connectivity index (χ0v) is 12.6. The summed E-state index contributed by atoms with van der Waals surface area (Å²) in [6.45, 7) is 5.40. The largest absolute Gasteiger partial charge is 0.358 e. The van der Waals surface area contributed by atoms with E-state index in [0.29, 0.717) is 18.1 Å². The molecule has 4 heteroatoms. The van der Waals surface area contributed by atoms with E-state index in [-0.39, 0.29) is 11.9 Å². The molecule has 2 fully saturated rings. The first-order valence-corrected chi connectivity index (χ1v) is 7.89. The smallest absolute Gasteiger partial charge is 0.236 e. The van der Waals surface area contributed by atoms with Gasteiger partial charge in [-0.1, -0.05) is 13.3 Å². The molecule has 19 heavy (non-hydrogen) atoms. The maximum Gasteiger partial charge on any atom is 0.236 e. The maximum absolute atomic E-state index is 11.9. The Morgan fingerprint density at radius 1 is 1.32 bits per heavy atom. The number of nitrogens with one attached hydrogen (secondary N) is 2. The Morgan fingerprint density at radius 2 is 1.95 bits per heavy atom. The molecule has 110 valence electrons. The van der Waals surface area contributed by atoms with Crippen molar-refractivity contribution in [2.24, 2.45) is 0 Å². The molecule has 3 atom stereocenters. The molecule has 1 amide bonds. The summed E-state index contributed by atoms with van der Waals surface area (Å²) >= 11 is 0. The monoisotopic (exact) mass is 267 g/mol. The van der Waals surface area contributed by atoms with Gasteiger partial charge in [0.05, 0.1) is 6.04 Å². The van der Waals surface area contributed by atoms with Gasteiger partial charge in [0.1, 0.15) is 0 Å². The van der Waals surface area contributed by atoms with Crippen LogP contribution in [0.4, 0.5) is 0 Å². The van der Waals surface area contributed by atoms with Crippen LogP contribution in [0.15, 0.2) is 0 Å². The van der Waals surface area contributed by atoms with Crippen LogP contribution >= 0.6 is 0 Å². The number of nitrogens with zero attached hydrogens (tertiary/aromatic N) is 1. The summed E-state index contributed by atoms with van der Waals surface area (Å²) in [5.41, 5.74) is 0. The molecule has 0 spiro atoms. The molecule has 2 heterocycles. The van der Waals surface area contributed by atoms with Gasteiger partial charge in [-0.3, -0.25) is 9.69 Å². The number of hydrogen-bond donors (Lipinski definition) is 2. The second-order valence-corrected chi connectivity index (χ2v) is 6.10. The highest BCUT2D eigenvalue weighted by Gasteiger charge is 2.41. The topological polar surface area (TPSA) is 44.4 Å². The van der Waals surface area contributed by atoms with Gasteiger partial charge < -0.3 is 10.6 Å². The van der Waals surface area contributed by atoms with Gasteiger partial charge in [-0.05, 0) is 45.6 Å². The maximum atomic E-state index is 11.9. The quantitative estimate of drug-likeness (QED) is 0.793. The molecule has 0 radical (unpaired) electrons. The van der Waals surface area contributed by atoms with Crippen LogP contribution in [0, 0.1) is 0 Å².